The summed E-state index contributed by atoms with van der Waals surface area (Å²) in [7, 11) is 1.49. The van der Waals surface area contributed by atoms with Gasteiger partial charge in [0.2, 0.25) is 12.0 Å². The molecule has 2 aliphatic carbocycles. The molecule has 300 valence electrons. The Balaban J connectivity index is 1.21. The van der Waals surface area contributed by atoms with Gasteiger partial charge < -0.3 is 43.9 Å². The van der Waals surface area contributed by atoms with E-state index in [1.807, 2.05) is 12.1 Å². The van der Waals surface area contributed by atoms with Crippen LogP contribution in [-0.2, 0) is 32.0 Å². The average molecular weight is 798 g/mol. The summed E-state index contributed by atoms with van der Waals surface area (Å²) in [6.07, 6.45) is 8.41. The molecule has 5 heterocycles. The molecule has 0 unspecified atom stereocenters. The number of Topliss-reactive ketones (excluding diaryl/α,β-unsaturated/α-hetero) is 1. The minimum absolute atomic E-state index is 0.0173. The fraction of sp³-hybridized carbons (Fsp3) is 0.348. The van der Waals surface area contributed by atoms with Crippen LogP contribution in [0.15, 0.2) is 71.5 Å². The number of ether oxygens (including phenoxy) is 5. The summed E-state index contributed by atoms with van der Waals surface area (Å²) in [5.74, 6) is 2.01. The first-order valence-electron chi connectivity index (χ1n) is 19.9. The number of hydrogen-bond donors (Lipinski definition) is 4. The number of aromatic hydroxyl groups is 1. The van der Waals surface area contributed by atoms with E-state index in [9.17, 15) is 29.7 Å². The summed E-state index contributed by atoms with van der Waals surface area (Å²) in [5.41, 5.74) is 4.61. The number of carbonyl (C=O) groups excluding carboxylic acids is 3. The van der Waals surface area contributed by atoms with Crippen molar-refractivity contribution in [1.82, 2.24) is 4.90 Å². The van der Waals surface area contributed by atoms with Gasteiger partial charge in [0.05, 0.1) is 42.3 Å². The predicted molar refractivity (Wildman–Crippen MR) is 212 cm³/mol. The average Bonchev–Trinajstić information content (AvgIpc) is 3.99. The number of benzene rings is 3. The predicted octanol–water partition coefficient (Wildman–Crippen LogP) is 2.67. The molecule has 8 bridgehead atoms. The smallest absolute Gasteiger partial charge is 0.254 e. The van der Waals surface area contributed by atoms with Crippen LogP contribution >= 0.6 is 0 Å². The fourth-order valence-corrected chi connectivity index (χ4v) is 9.50. The lowest BCUT2D eigenvalue weighted by molar-refractivity contribution is -0.382. The third kappa shape index (κ3) is 6.17. The molecule has 1 saturated carbocycles. The zero-order valence-corrected chi connectivity index (χ0v) is 32.1. The van der Waals surface area contributed by atoms with E-state index < -0.39 is 42.6 Å². The highest BCUT2D eigenvalue weighted by Crippen LogP contribution is 2.49. The largest absolute Gasteiger partial charge is 0.506 e. The van der Waals surface area contributed by atoms with Crippen LogP contribution in [0.3, 0.4) is 0 Å². The maximum Gasteiger partial charge on any atom is 0.254 e. The number of nitrogens with one attached hydrogen (secondary N) is 1. The van der Waals surface area contributed by atoms with Crippen molar-refractivity contribution in [1.29, 1.82) is 0 Å². The lowest BCUT2D eigenvalue weighted by Crippen LogP contribution is -2.64. The van der Waals surface area contributed by atoms with Crippen LogP contribution in [0, 0.1) is 12.0 Å². The van der Waals surface area contributed by atoms with Crippen LogP contribution in [-0.4, -0.2) is 101 Å². The molecule has 3 aromatic rings. The van der Waals surface area contributed by atoms with Gasteiger partial charge in [-0.25, -0.2) is 4.99 Å². The summed E-state index contributed by atoms with van der Waals surface area (Å²) in [4.78, 5) is 46.4. The third-order valence-corrected chi connectivity index (χ3v) is 12.5. The Morgan fingerprint density at radius 2 is 1.88 bits per heavy atom. The van der Waals surface area contributed by atoms with Gasteiger partial charge in [0, 0.05) is 24.6 Å². The summed E-state index contributed by atoms with van der Waals surface area (Å²) < 4.78 is 31.3. The normalized spacial score (nSPS) is 27.4. The summed E-state index contributed by atoms with van der Waals surface area (Å²) in [6.45, 7) is -0.331. The molecule has 59 heavy (non-hydrogen) atoms. The van der Waals surface area contributed by atoms with Crippen LogP contribution < -0.4 is 14.5 Å². The lowest BCUT2D eigenvalue weighted by Gasteiger charge is -2.41. The number of hydrogen-bond acceptors (Lipinski definition) is 11. The van der Waals surface area contributed by atoms with Gasteiger partial charge in [-0.15, -0.1) is 0 Å². The van der Waals surface area contributed by atoms with Crippen LogP contribution in [0.4, 0.5) is 0 Å². The minimum atomic E-state index is -1.62. The Kier molecular flexibility index (Phi) is 9.25. The van der Waals surface area contributed by atoms with Gasteiger partial charge in [0.25, 0.3) is 5.91 Å². The molecule has 2 fully saturated rings. The van der Waals surface area contributed by atoms with Gasteiger partial charge in [-0.3, -0.25) is 14.4 Å². The lowest BCUT2D eigenvalue weighted by atomic mass is 9.86. The highest BCUT2D eigenvalue weighted by molar-refractivity contribution is 6.13. The van der Waals surface area contributed by atoms with E-state index in [4.69, 9.17) is 23.7 Å². The highest BCUT2D eigenvalue weighted by atomic mass is 16.7. The standard InChI is InChI=1S/C46H40N2O11/c1-55-35-18-25-17-28(23-7-2-3-8-23)39-33(50)21-48-20-30-24(9-4-11-26(30)45(48)54)10-6-16-56-44-40(51)36-22-57-34(29-19-47-31-12-5-13-32(49)38(29)31)15-14-27(35)43(37(25)41(39)52)59-46(58-36)42(44)53/h4-5,9,11-15,17-19,23,34,36,40,42,44,46,51-53H,2-3,7-8,10,20-22H2,1H3/p+1/t34-,36+,40-,42-,44+,46-/m1/s1. The number of methoxy groups -OCH3 is 1. The molecule has 5 aliphatic heterocycles. The first-order chi connectivity index (χ1) is 28.7. The van der Waals surface area contributed by atoms with Crippen molar-refractivity contribution in [2.24, 2.45) is 0 Å². The number of rotatable bonds is 3. The van der Waals surface area contributed by atoms with E-state index in [-0.39, 0.29) is 66.2 Å². The SMILES string of the molecule is COc1cc2cc(C3CCCC3)c3c(O)c2c2c1C=C[C@H](C1=C4C(=O)C=CC=C4[NH+]=C1)OC[C@@H]1O[C@H](O2)[C@H](O)[C@@H](OC#CCc2cccc4c2CN(CC3=O)C4=O)[C@@H]1O. The van der Waals surface area contributed by atoms with Crippen molar-refractivity contribution >= 4 is 40.5 Å². The van der Waals surface area contributed by atoms with Gasteiger partial charge in [-0.1, -0.05) is 43.0 Å². The summed E-state index contributed by atoms with van der Waals surface area (Å²) in [6, 6.07) is 8.99. The molecule has 4 N–H and O–H groups in total. The fourth-order valence-electron chi connectivity index (χ4n) is 9.50. The first kappa shape index (κ1) is 37.2. The zero-order chi connectivity index (χ0) is 40.5. The number of fused-ring (bicyclic) bond motifs is 5. The van der Waals surface area contributed by atoms with Crippen molar-refractivity contribution in [3.05, 3.63) is 105 Å². The number of allylic oxidation sites excluding steroid dienone is 4. The molecule has 6 atom stereocenters. The number of amides is 1. The Hall–Kier alpha value is -6.04. The zero-order valence-electron chi connectivity index (χ0n) is 32.1. The van der Waals surface area contributed by atoms with E-state index >= 15 is 0 Å². The molecule has 10 rings (SSSR count). The van der Waals surface area contributed by atoms with Gasteiger partial charge in [0.15, 0.2) is 30.0 Å². The maximum atomic E-state index is 14.7. The Bertz CT molecular complexity index is 2570. The van der Waals surface area contributed by atoms with Crippen LogP contribution in [0.2, 0.25) is 0 Å². The minimum Gasteiger partial charge on any atom is -0.506 e. The van der Waals surface area contributed by atoms with E-state index in [0.717, 1.165) is 36.8 Å². The van der Waals surface area contributed by atoms with Crippen molar-refractivity contribution in [2.75, 3.05) is 20.3 Å². The molecule has 0 radical (unpaired) electrons. The van der Waals surface area contributed by atoms with Crippen molar-refractivity contribution in [3.63, 3.8) is 0 Å². The van der Waals surface area contributed by atoms with Gasteiger partial charge in [0.1, 0.15) is 47.2 Å². The topological polar surface area (TPSA) is 175 Å². The maximum absolute atomic E-state index is 14.7. The Labute approximate surface area is 338 Å². The van der Waals surface area contributed by atoms with E-state index in [2.05, 4.69) is 17.0 Å². The second-order valence-electron chi connectivity index (χ2n) is 15.8. The second-order valence-corrected chi connectivity index (χ2v) is 15.8. The first-order valence-corrected chi connectivity index (χ1v) is 19.9. The van der Waals surface area contributed by atoms with Gasteiger partial charge in [-0.05, 0) is 71.2 Å². The summed E-state index contributed by atoms with van der Waals surface area (Å²) in [5, 5.41) is 36.8. The molecular weight excluding hydrogens is 757 g/mol. The molecule has 1 amide bonds. The number of phenolic OH excluding ortho intramolecular Hbond substituents is 1. The number of phenols is 1. The molecule has 3 aromatic carbocycles. The molecule has 1 saturated heterocycles. The number of nitrogens with zero attached hydrogens (tertiary/aromatic N) is 1. The number of aliphatic hydroxyl groups is 2. The number of aliphatic hydroxyl groups excluding tert-OH is 2. The van der Waals surface area contributed by atoms with Crippen LogP contribution in [0.1, 0.15) is 74.6 Å². The number of carbonyl (C=O) groups is 3. The van der Waals surface area contributed by atoms with Crippen molar-refractivity contribution in [2.45, 2.75) is 81.4 Å². The second kappa shape index (κ2) is 14.7. The molecule has 0 spiro atoms. The third-order valence-electron chi connectivity index (χ3n) is 12.5. The van der Waals surface area contributed by atoms with E-state index in [0.29, 0.717) is 44.7 Å². The van der Waals surface area contributed by atoms with Crippen molar-refractivity contribution < 1.29 is 58.4 Å². The molecular formula is C46H41N2O11+. The molecule has 13 nitrogen and oxygen atoms in total. The Morgan fingerprint density at radius 3 is 2.71 bits per heavy atom. The quantitative estimate of drug-likeness (QED) is 0.287. The monoisotopic (exact) mass is 797 g/mol. The van der Waals surface area contributed by atoms with Crippen LogP contribution in [0.25, 0.3) is 16.8 Å². The van der Waals surface area contributed by atoms with E-state index in [1.165, 1.54) is 18.1 Å². The highest BCUT2D eigenvalue weighted by Gasteiger charge is 2.49. The summed E-state index contributed by atoms with van der Waals surface area (Å²) >= 11 is 0. The molecule has 13 heteroatoms. The van der Waals surface area contributed by atoms with E-state index in [1.54, 1.807) is 48.7 Å². The molecule has 0 aromatic heterocycles. The van der Waals surface area contributed by atoms with Crippen LogP contribution in [0.5, 0.6) is 17.2 Å². The Morgan fingerprint density at radius 1 is 1.03 bits per heavy atom. The molecule has 7 aliphatic rings. The van der Waals surface area contributed by atoms with Gasteiger partial charge >= 0.3 is 0 Å². The number of ketones is 2. The van der Waals surface area contributed by atoms with Gasteiger partial charge in [-0.2, -0.15) is 0 Å². The van der Waals surface area contributed by atoms with Crippen molar-refractivity contribution in [3.8, 4) is 29.3 Å².